The summed E-state index contributed by atoms with van der Waals surface area (Å²) in [4.78, 5) is 2.60. The monoisotopic (exact) mass is 310 g/mol. The van der Waals surface area contributed by atoms with Gasteiger partial charge >= 0.3 is 0 Å². The minimum absolute atomic E-state index is 0.437. The first-order valence-corrected chi connectivity index (χ1v) is 8.49. The van der Waals surface area contributed by atoms with Gasteiger partial charge in [-0.05, 0) is 49.2 Å². The Bertz CT molecular complexity index is 576. The Hall–Kier alpha value is -1.84. The molecule has 1 fully saturated rings. The van der Waals surface area contributed by atoms with Crippen molar-refractivity contribution in [3.8, 4) is 5.75 Å². The molecule has 1 heterocycles. The number of benzene rings is 2. The number of methoxy groups -OCH3 is 1. The van der Waals surface area contributed by atoms with Crippen molar-refractivity contribution in [1.29, 1.82) is 0 Å². The average Bonchev–Trinajstić information content (AvgIpc) is 3.14. The number of hydrogen-bond donors (Lipinski definition) is 1. The second-order valence-electron chi connectivity index (χ2n) is 6.15. The number of ether oxygens (including phenoxy) is 1. The van der Waals surface area contributed by atoms with Gasteiger partial charge in [-0.2, -0.15) is 0 Å². The minimum atomic E-state index is 0.437. The van der Waals surface area contributed by atoms with Gasteiger partial charge in [0, 0.05) is 19.1 Å². The number of nitrogens with one attached hydrogen (secondary N) is 1. The lowest BCUT2D eigenvalue weighted by molar-refractivity contribution is 0.238. The highest BCUT2D eigenvalue weighted by Crippen LogP contribution is 2.26. The van der Waals surface area contributed by atoms with E-state index < -0.39 is 0 Å². The normalized spacial score (nSPS) is 16.4. The van der Waals surface area contributed by atoms with Crippen LogP contribution in [0.2, 0.25) is 0 Å². The standard InChI is InChI=1S/C20H26N2O/c1-23-19-11-9-18(10-12-19)20(22-13-5-6-14-22)16-21-15-17-7-3-2-4-8-17/h2-4,7-12,20-21H,5-6,13-16H2,1H3. The highest BCUT2D eigenvalue weighted by atomic mass is 16.5. The first kappa shape index (κ1) is 16.0. The van der Waals surface area contributed by atoms with Crippen LogP contribution in [0.25, 0.3) is 0 Å². The molecule has 3 nitrogen and oxygen atoms in total. The predicted molar refractivity (Wildman–Crippen MR) is 94.7 cm³/mol. The first-order valence-electron chi connectivity index (χ1n) is 8.49. The molecule has 0 aliphatic carbocycles. The first-order chi connectivity index (χ1) is 11.4. The topological polar surface area (TPSA) is 24.5 Å². The van der Waals surface area contributed by atoms with Crippen molar-refractivity contribution in [3.05, 3.63) is 65.7 Å². The van der Waals surface area contributed by atoms with Gasteiger partial charge in [0.2, 0.25) is 0 Å². The lowest BCUT2D eigenvalue weighted by Gasteiger charge is -2.28. The Morgan fingerprint density at radius 1 is 1.00 bits per heavy atom. The third-order valence-corrected chi connectivity index (χ3v) is 4.59. The van der Waals surface area contributed by atoms with E-state index in [0.717, 1.165) is 18.8 Å². The second-order valence-corrected chi connectivity index (χ2v) is 6.15. The Morgan fingerprint density at radius 2 is 1.70 bits per heavy atom. The summed E-state index contributed by atoms with van der Waals surface area (Å²) in [7, 11) is 1.72. The molecule has 0 aromatic heterocycles. The van der Waals surface area contributed by atoms with E-state index in [0.29, 0.717) is 6.04 Å². The third-order valence-electron chi connectivity index (χ3n) is 4.59. The number of hydrogen-bond acceptors (Lipinski definition) is 3. The molecular weight excluding hydrogens is 284 g/mol. The lowest BCUT2D eigenvalue weighted by Crippen LogP contribution is -2.34. The molecule has 1 aliphatic rings. The molecule has 1 saturated heterocycles. The van der Waals surface area contributed by atoms with E-state index in [1.165, 1.54) is 37.1 Å². The summed E-state index contributed by atoms with van der Waals surface area (Å²) in [5.41, 5.74) is 2.70. The molecule has 1 N–H and O–H groups in total. The molecule has 2 aromatic carbocycles. The summed E-state index contributed by atoms with van der Waals surface area (Å²) in [6.07, 6.45) is 2.62. The molecule has 122 valence electrons. The van der Waals surface area contributed by atoms with Gasteiger partial charge < -0.3 is 10.1 Å². The summed E-state index contributed by atoms with van der Waals surface area (Å²) in [5.74, 6) is 0.922. The highest BCUT2D eigenvalue weighted by Gasteiger charge is 2.23. The predicted octanol–water partition coefficient (Wildman–Crippen LogP) is 3.62. The molecule has 2 aromatic rings. The van der Waals surface area contributed by atoms with Gasteiger partial charge in [-0.1, -0.05) is 42.5 Å². The van der Waals surface area contributed by atoms with Crippen LogP contribution in [0.3, 0.4) is 0 Å². The lowest BCUT2D eigenvalue weighted by atomic mass is 10.0. The summed E-state index contributed by atoms with van der Waals surface area (Å²) >= 11 is 0. The van der Waals surface area contributed by atoms with Gasteiger partial charge in [0.25, 0.3) is 0 Å². The van der Waals surface area contributed by atoms with Gasteiger partial charge in [-0.25, -0.2) is 0 Å². The Morgan fingerprint density at radius 3 is 2.35 bits per heavy atom. The molecule has 1 aliphatic heterocycles. The Labute approximate surface area is 139 Å². The van der Waals surface area contributed by atoms with Crippen LogP contribution in [0.4, 0.5) is 0 Å². The zero-order valence-electron chi connectivity index (χ0n) is 13.9. The summed E-state index contributed by atoms with van der Waals surface area (Å²) in [6, 6.07) is 19.6. The van der Waals surface area contributed by atoms with Crippen molar-refractivity contribution in [1.82, 2.24) is 10.2 Å². The van der Waals surface area contributed by atoms with Crippen LogP contribution in [0.5, 0.6) is 5.75 Å². The largest absolute Gasteiger partial charge is 0.497 e. The maximum Gasteiger partial charge on any atom is 0.118 e. The average molecular weight is 310 g/mol. The fraction of sp³-hybridized carbons (Fsp3) is 0.400. The molecule has 0 bridgehead atoms. The molecular formula is C20H26N2O. The van der Waals surface area contributed by atoms with Gasteiger partial charge in [-0.3, -0.25) is 4.90 Å². The van der Waals surface area contributed by atoms with E-state index in [1.807, 2.05) is 0 Å². The Kier molecular flexibility index (Phi) is 5.67. The zero-order chi connectivity index (χ0) is 15.9. The van der Waals surface area contributed by atoms with Gasteiger partial charge in [-0.15, -0.1) is 0 Å². The summed E-state index contributed by atoms with van der Waals surface area (Å²) in [5, 5.41) is 3.63. The molecule has 0 saturated carbocycles. The van der Waals surface area contributed by atoms with Crippen LogP contribution in [-0.4, -0.2) is 31.6 Å². The van der Waals surface area contributed by atoms with E-state index in [1.54, 1.807) is 7.11 Å². The quantitative estimate of drug-likeness (QED) is 0.845. The van der Waals surface area contributed by atoms with Gasteiger partial charge in [0.05, 0.1) is 7.11 Å². The van der Waals surface area contributed by atoms with Crippen molar-refractivity contribution < 1.29 is 4.74 Å². The van der Waals surface area contributed by atoms with Crippen molar-refractivity contribution in [2.45, 2.75) is 25.4 Å². The van der Waals surface area contributed by atoms with Crippen LogP contribution in [-0.2, 0) is 6.54 Å². The molecule has 0 radical (unpaired) electrons. The number of nitrogens with zero attached hydrogens (tertiary/aromatic N) is 1. The Balaban J connectivity index is 1.65. The van der Waals surface area contributed by atoms with Gasteiger partial charge in [0.1, 0.15) is 5.75 Å². The molecule has 23 heavy (non-hydrogen) atoms. The van der Waals surface area contributed by atoms with Crippen LogP contribution < -0.4 is 10.1 Å². The zero-order valence-corrected chi connectivity index (χ0v) is 13.9. The maximum absolute atomic E-state index is 5.28. The number of likely N-dealkylation sites (tertiary alicyclic amines) is 1. The van der Waals surface area contributed by atoms with Crippen molar-refractivity contribution in [2.24, 2.45) is 0 Å². The number of rotatable bonds is 7. The van der Waals surface area contributed by atoms with E-state index in [2.05, 4.69) is 64.8 Å². The van der Waals surface area contributed by atoms with E-state index in [-0.39, 0.29) is 0 Å². The smallest absolute Gasteiger partial charge is 0.118 e. The van der Waals surface area contributed by atoms with Crippen LogP contribution in [0.15, 0.2) is 54.6 Å². The molecule has 0 amide bonds. The highest BCUT2D eigenvalue weighted by molar-refractivity contribution is 5.29. The molecule has 1 unspecified atom stereocenters. The second kappa shape index (κ2) is 8.14. The maximum atomic E-state index is 5.28. The van der Waals surface area contributed by atoms with Crippen molar-refractivity contribution in [3.63, 3.8) is 0 Å². The van der Waals surface area contributed by atoms with Crippen molar-refractivity contribution in [2.75, 3.05) is 26.7 Å². The minimum Gasteiger partial charge on any atom is -0.497 e. The van der Waals surface area contributed by atoms with Crippen molar-refractivity contribution >= 4 is 0 Å². The van der Waals surface area contributed by atoms with E-state index >= 15 is 0 Å². The van der Waals surface area contributed by atoms with E-state index in [4.69, 9.17) is 4.74 Å². The third kappa shape index (κ3) is 4.34. The van der Waals surface area contributed by atoms with E-state index in [9.17, 15) is 0 Å². The molecule has 3 rings (SSSR count). The van der Waals surface area contributed by atoms with Crippen LogP contribution in [0.1, 0.15) is 30.0 Å². The fourth-order valence-corrected chi connectivity index (χ4v) is 3.29. The van der Waals surface area contributed by atoms with Crippen LogP contribution >= 0.6 is 0 Å². The fourth-order valence-electron chi connectivity index (χ4n) is 3.29. The molecule has 3 heteroatoms. The summed E-state index contributed by atoms with van der Waals surface area (Å²) in [6.45, 7) is 4.29. The van der Waals surface area contributed by atoms with Crippen LogP contribution in [0, 0.1) is 0 Å². The molecule has 0 spiro atoms. The molecule has 1 atom stereocenters. The summed E-state index contributed by atoms with van der Waals surface area (Å²) < 4.78 is 5.28. The van der Waals surface area contributed by atoms with Gasteiger partial charge in [0.15, 0.2) is 0 Å². The SMILES string of the molecule is COc1ccc(C(CNCc2ccccc2)N2CCCC2)cc1.